The summed E-state index contributed by atoms with van der Waals surface area (Å²) in [5.74, 6) is 1.68. The van der Waals surface area contributed by atoms with E-state index in [0.29, 0.717) is 24.7 Å². The first-order valence-corrected chi connectivity index (χ1v) is 9.00. The van der Waals surface area contributed by atoms with Crippen LogP contribution in [0, 0.1) is 17.3 Å². The maximum Gasteiger partial charge on any atom is 0.146 e. The van der Waals surface area contributed by atoms with Crippen molar-refractivity contribution in [1.29, 1.82) is 0 Å². The second kappa shape index (κ2) is 5.74. The topological polar surface area (TPSA) is 34.1 Å². The van der Waals surface area contributed by atoms with E-state index in [0.717, 1.165) is 32.1 Å². The molecule has 2 heteroatoms. The highest BCUT2D eigenvalue weighted by molar-refractivity contribution is 6.11. The first-order chi connectivity index (χ1) is 11.2. The molecule has 120 valence electrons. The Balaban J connectivity index is 1.45. The Labute approximate surface area is 138 Å². The Morgan fingerprint density at radius 2 is 1.61 bits per heavy atom. The summed E-state index contributed by atoms with van der Waals surface area (Å²) in [6.45, 7) is 0. The minimum atomic E-state index is -0.549. The molecule has 0 aromatic heterocycles. The molecule has 1 spiro atoms. The lowest BCUT2D eigenvalue weighted by molar-refractivity contribution is -0.154. The van der Waals surface area contributed by atoms with Gasteiger partial charge in [-0.05, 0) is 61.5 Å². The number of Topliss-reactive ketones (excluding diaryl/α,β-unsaturated/α-hetero) is 2. The van der Waals surface area contributed by atoms with E-state index >= 15 is 0 Å². The van der Waals surface area contributed by atoms with Gasteiger partial charge in [0.1, 0.15) is 11.6 Å². The Bertz CT molecular complexity index is 658. The van der Waals surface area contributed by atoms with Crippen LogP contribution in [0.1, 0.15) is 56.9 Å². The molecule has 0 saturated heterocycles. The number of rotatable bonds is 2. The van der Waals surface area contributed by atoms with Crippen LogP contribution in [0.15, 0.2) is 36.4 Å². The van der Waals surface area contributed by atoms with Crippen LogP contribution in [-0.2, 0) is 9.59 Å². The van der Waals surface area contributed by atoms with E-state index in [9.17, 15) is 9.59 Å². The fraction of sp³-hybridized carbons (Fsp3) is 0.524. The fourth-order valence-corrected chi connectivity index (χ4v) is 4.86. The van der Waals surface area contributed by atoms with Gasteiger partial charge in [-0.2, -0.15) is 0 Å². The van der Waals surface area contributed by atoms with Crippen LogP contribution in [0.4, 0.5) is 0 Å². The van der Waals surface area contributed by atoms with Crippen molar-refractivity contribution in [3.63, 3.8) is 0 Å². The van der Waals surface area contributed by atoms with E-state index in [-0.39, 0.29) is 11.6 Å². The van der Waals surface area contributed by atoms with E-state index in [1.54, 1.807) is 0 Å². The number of hydrogen-bond donors (Lipinski definition) is 0. The molecular formula is C21H24O2. The standard InChI is InChI=1S/C21H24O2/c22-19-11-10-18(14-21(19)13-12-20(21)23)17-8-6-16(7-9-17)15-4-2-1-3-5-15/h1-6,17-18H,7-14H2. The Kier molecular flexibility index (Phi) is 3.71. The predicted octanol–water partition coefficient (Wildman–Crippen LogP) is 4.59. The third kappa shape index (κ3) is 2.49. The summed E-state index contributed by atoms with van der Waals surface area (Å²) in [6.07, 6.45) is 9.73. The van der Waals surface area contributed by atoms with Crippen molar-refractivity contribution in [3.8, 4) is 0 Å². The number of carbonyl (C=O) groups excluding carboxylic acids is 2. The monoisotopic (exact) mass is 308 g/mol. The molecule has 3 unspecified atom stereocenters. The van der Waals surface area contributed by atoms with Crippen LogP contribution in [-0.4, -0.2) is 11.6 Å². The van der Waals surface area contributed by atoms with Crippen molar-refractivity contribution in [3.05, 3.63) is 42.0 Å². The number of carbonyl (C=O) groups is 2. The quantitative estimate of drug-likeness (QED) is 0.749. The van der Waals surface area contributed by atoms with Crippen molar-refractivity contribution >= 4 is 17.1 Å². The molecule has 1 aromatic rings. The third-order valence-electron chi connectivity index (χ3n) is 6.46. The summed E-state index contributed by atoms with van der Waals surface area (Å²) in [5, 5.41) is 0. The predicted molar refractivity (Wildman–Crippen MR) is 90.8 cm³/mol. The molecule has 0 bridgehead atoms. The van der Waals surface area contributed by atoms with Crippen molar-refractivity contribution in [2.75, 3.05) is 0 Å². The van der Waals surface area contributed by atoms with Gasteiger partial charge in [0.25, 0.3) is 0 Å². The van der Waals surface area contributed by atoms with Gasteiger partial charge in [0.15, 0.2) is 0 Å². The Hall–Kier alpha value is -1.70. The molecule has 1 aromatic carbocycles. The zero-order chi connectivity index (χ0) is 15.9. The van der Waals surface area contributed by atoms with Gasteiger partial charge < -0.3 is 0 Å². The lowest BCUT2D eigenvalue weighted by Gasteiger charge is -2.46. The average molecular weight is 308 g/mol. The van der Waals surface area contributed by atoms with Gasteiger partial charge >= 0.3 is 0 Å². The van der Waals surface area contributed by atoms with E-state index in [2.05, 4.69) is 36.4 Å². The molecule has 2 nitrogen and oxygen atoms in total. The Morgan fingerprint density at radius 1 is 0.870 bits per heavy atom. The van der Waals surface area contributed by atoms with E-state index in [1.165, 1.54) is 17.6 Å². The number of hydrogen-bond acceptors (Lipinski definition) is 2. The fourth-order valence-electron chi connectivity index (χ4n) is 4.86. The first kappa shape index (κ1) is 14.9. The van der Waals surface area contributed by atoms with Crippen LogP contribution in [0.5, 0.6) is 0 Å². The second-order valence-electron chi connectivity index (χ2n) is 7.56. The van der Waals surface area contributed by atoms with Gasteiger partial charge in [-0.15, -0.1) is 0 Å². The van der Waals surface area contributed by atoms with Gasteiger partial charge in [0.05, 0.1) is 5.41 Å². The third-order valence-corrected chi connectivity index (χ3v) is 6.46. The molecule has 2 saturated carbocycles. The highest BCUT2D eigenvalue weighted by Gasteiger charge is 2.55. The molecule has 23 heavy (non-hydrogen) atoms. The highest BCUT2D eigenvalue weighted by Crippen LogP contribution is 2.51. The number of benzene rings is 1. The molecule has 3 atom stereocenters. The SMILES string of the molecule is O=C1CCC(C2CC=C(c3ccccc3)CC2)CC12CCC2=O. The molecule has 3 aliphatic rings. The molecule has 0 aliphatic heterocycles. The summed E-state index contributed by atoms with van der Waals surface area (Å²) < 4.78 is 0. The molecule has 0 amide bonds. The Morgan fingerprint density at radius 3 is 2.22 bits per heavy atom. The molecular weight excluding hydrogens is 284 g/mol. The summed E-state index contributed by atoms with van der Waals surface area (Å²) in [4.78, 5) is 24.3. The summed E-state index contributed by atoms with van der Waals surface area (Å²) in [5.41, 5.74) is 2.25. The summed E-state index contributed by atoms with van der Waals surface area (Å²) >= 11 is 0. The average Bonchev–Trinajstić information content (AvgIpc) is 2.62. The summed E-state index contributed by atoms with van der Waals surface area (Å²) in [7, 11) is 0. The molecule has 4 rings (SSSR count). The van der Waals surface area contributed by atoms with Gasteiger partial charge in [-0.1, -0.05) is 36.4 Å². The molecule has 0 heterocycles. The van der Waals surface area contributed by atoms with Crippen molar-refractivity contribution in [1.82, 2.24) is 0 Å². The second-order valence-corrected chi connectivity index (χ2v) is 7.56. The van der Waals surface area contributed by atoms with Crippen LogP contribution in [0.2, 0.25) is 0 Å². The maximum atomic E-state index is 12.2. The minimum Gasteiger partial charge on any atom is -0.299 e. The highest BCUT2D eigenvalue weighted by atomic mass is 16.2. The number of ketones is 2. The van der Waals surface area contributed by atoms with E-state index in [1.807, 2.05) is 0 Å². The zero-order valence-electron chi connectivity index (χ0n) is 13.6. The lowest BCUT2D eigenvalue weighted by atomic mass is 9.54. The van der Waals surface area contributed by atoms with Gasteiger partial charge in [0.2, 0.25) is 0 Å². The molecule has 0 N–H and O–H groups in total. The van der Waals surface area contributed by atoms with Crippen LogP contribution >= 0.6 is 0 Å². The first-order valence-electron chi connectivity index (χ1n) is 9.00. The lowest BCUT2D eigenvalue weighted by Crippen LogP contribution is -2.51. The zero-order valence-corrected chi connectivity index (χ0v) is 13.6. The molecule has 0 radical (unpaired) electrons. The minimum absolute atomic E-state index is 0.225. The van der Waals surface area contributed by atoms with Crippen LogP contribution in [0.3, 0.4) is 0 Å². The van der Waals surface area contributed by atoms with Gasteiger partial charge in [0, 0.05) is 12.8 Å². The number of allylic oxidation sites excluding steroid dienone is 2. The van der Waals surface area contributed by atoms with Gasteiger partial charge in [-0.25, -0.2) is 0 Å². The summed E-state index contributed by atoms with van der Waals surface area (Å²) in [6, 6.07) is 10.6. The molecule has 2 fully saturated rings. The van der Waals surface area contributed by atoms with E-state index in [4.69, 9.17) is 0 Å². The maximum absolute atomic E-state index is 12.2. The van der Waals surface area contributed by atoms with Crippen molar-refractivity contribution in [2.45, 2.75) is 51.4 Å². The molecule has 3 aliphatic carbocycles. The largest absolute Gasteiger partial charge is 0.299 e. The van der Waals surface area contributed by atoms with Crippen LogP contribution in [0.25, 0.3) is 5.57 Å². The van der Waals surface area contributed by atoms with Crippen molar-refractivity contribution in [2.24, 2.45) is 17.3 Å². The smallest absolute Gasteiger partial charge is 0.146 e. The van der Waals surface area contributed by atoms with Crippen molar-refractivity contribution < 1.29 is 9.59 Å². The van der Waals surface area contributed by atoms with Crippen LogP contribution < -0.4 is 0 Å². The normalized spacial score (nSPS) is 34.2. The van der Waals surface area contributed by atoms with E-state index < -0.39 is 5.41 Å². The van der Waals surface area contributed by atoms with Gasteiger partial charge in [-0.3, -0.25) is 9.59 Å².